The molecule has 0 aromatic heterocycles. The standard InChI is InChI=1S/C12H15FO2/c1-2-15-12(14)9-5-7-10-6-3-4-8-11(10)13/h3-4,6,8H,2,5,7,9H2,1H3. The molecule has 0 atom stereocenters. The molecule has 0 saturated carbocycles. The fourth-order valence-corrected chi connectivity index (χ4v) is 1.36. The molecule has 2 nitrogen and oxygen atoms in total. The molecule has 0 aliphatic heterocycles. The summed E-state index contributed by atoms with van der Waals surface area (Å²) >= 11 is 0. The van der Waals surface area contributed by atoms with E-state index in [0.29, 0.717) is 31.4 Å². The van der Waals surface area contributed by atoms with Crippen molar-refractivity contribution in [2.75, 3.05) is 6.61 Å². The van der Waals surface area contributed by atoms with E-state index in [1.165, 1.54) is 6.07 Å². The summed E-state index contributed by atoms with van der Waals surface area (Å²) in [6.07, 6.45) is 1.55. The second-order valence-corrected chi connectivity index (χ2v) is 3.25. The quantitative estimate of drug-likeness (QED) is 0.698. The van der Waals surface area contributed by atoms with E-state index >= 15 is 0 Å². The zero-order valence-electron chi connectivity index (χ0n) is 8.83. The Kier molecular flexibility index (Phi) is 4.81. The maximum Gasteiger partial charge on any atom is 0.305 e. The Balaban J connectivity index is 2.32. The number of rotatable bonds is 5. The lowest BCUT2D eigenvalue weighted by Gasteiger charge is -2.03. The van der Waals surface area contributed by atoms with Crippen molar-refractivity contribution in [2.24, 2.45) is 0 Å². The molecule has 82 valence electrons. The first-order chi connectivity index (χ1) is 7.24. The van der Waals surface area contributed by atoms with E-state index in [4.69, 9.17) is 4.74 Å². The van der Waals surface area contributed by atoms with Crippen LogP contribution in [0.3, 0.4) is 0 Å². The largest absolute Gasteiger partial charge is 0.466 e. The molecule has 0 fully saturated rings. The Morgan fingerprint density at radius 3 is 2.80 bits per heavy atom. The highest BCUT2D eigenvalue weighted by molar-refractivity contribution is 5.69. The van der Waals surface area contributed by atoms with E-state index in [1.54, 1.807) is 25.1 Å². The summed E-state index contributed by atoms with van der Waals surface area (Å²) in [5, 5.41) is 0. The number of aryl methyl sites for hydroxylation is 1. The second-order valence-electron chi connectivity index (χ2n) is 3.25. The molecule has 1 rings (SSSR count). The van der Waals surface area contributed by atoms with E-state index in [9.17, 15) is 9.18 Å². The number of halogens is 1. The van der Waals surface area contributed by atoms with Gasteiger partial charge in [0, 0.05) is 6.42 Å². The number of hydrogen-bond acceptors (Lipinski definition) is 2. The summed E-state index contributed by atoms with van der Waals surface area (Å²) in [6.45, 7) is 2.17. The van der Waals surface area contributed by atoms with Gasteiger partial charge in [0.05, 0.1) is 6.61 Å². The Morgan fingerprint density at radius 1 is 1.40 bits per heavy atom. The van der Waals surface area contributed by atoms with Crippen molar-refractivity contribution in [1.29, 1.82) is 0 Å². The number of carbonyl (C=O) groups excluding carboxylic acids is 1. The average Bonchev–Trinajstić information content (AvgIpc) is 2.21. The Labute approximate surface area is 89.1 Å². The Bertz CT molecular complexity index is 323. The summed E-state index contributed by atoms with van der Waals surface area (Å²) in [7, 11) is 0. The van der Waals surface area contributed by atoms with Crippen LogP contribution in [0.1, 0.15) is 25.3 Å². The molecule has 0 aliphatic carbocycles. The van der Waals surface area contributed by atoms with Gasteiger partial charge in [0.15, 0.2) is 0 Å². The first-order valence-corrected chi connectivity index (χ1v) is 5.13. The van der Waals surface area contributed by atoms with Gasteiger partial charge in [-0.15, -0.1) is 0 Å². The first kappa shape index (κ1) is 11.7. The minimum absolute atomic E-state index is 0.207. The van der Waals surface area contributed by atoms with E-state index in [1.807, 2.05) is 0 Å². The van der Waals surface area contributed by atoms with Crippen LogP contribution in [0.5, 0.6) is 0 Å². The third kappa shape index (κ3) is 4.11. The van der Waals surface area contributed by atoms with Crippen LogP contribution >= 0.6 is 0 Å². The van der Waals surface area contributed by atoms with Crippen LogP contribution in [0.15, 0.2) is 24.3 Å². The van der Waals surface area contributed by atoms with Crippen LogP contribution in [0.4, 0.5) is 4.39 Å². The third-order valence-electron chi connectivity index (χ3n) is 2.09. The summed E-state index contributed by atoms with van der Waals surface area (Å²) in [4.78, 5) is 11.0. The fourth-order valence-electron chi connectivity index (χ4n) is 1.36. The molecule has 0 radical (unpaired) electrons. The van der Waals surface area contributed by atoms with Crippen LogP contribution in [0.2, 0.25) is 0 Å². The van der Waals surface area contributed by atoms with Crippen LogP contribution in [0, 0.1) is 5.82 Å². The van der Waals surface area contributed by atoms with Gasteiger partial charge in [0.1, 0.15) is 5.82 Å². The molecule has 0 bridgehead atoms. The summed E-state index contributed by atoms with van der Waals surface area (Å²) in [5.74, 6) is -0.421. The van der Waals surface area contributed by atoms with E-state index < -0.39 is 0 Å². The highest BCUT2D eigenvalue weighted by Crippen LogP contribution is 2.10. The smallest absolute Gasteiger partial charge is 0.305 e. The van der Waals surface area contributed by atoms with Gasteiger partial charge in [-0.05, 0) is 31.4 Å². The fraction of sp³-hybridized carbons (Fsp3) is 0.417. The lowest BCUT2D eigenvalue weighted by atomic mass is 10.1. The summed E-state index contributed by atoms with van der Waals surface area (Å²) < 4.78 is 17.9. The number of carbonyl (C=O) groups is 1. The highest BCUT2D eigenvalue weighted by Gasteiger charge is 2.04. The Morgan fingerprint density at radius 2 is 2.13 bits per heavy atom. The highest BCUT2D eigenvalue weighted by atomic mass is 19.1. The summed E-state index contributed by atoms with van der Waals surface area (Å²) in [6, 6.07) is 6.62. The van der Waals surface area contributed by atoms with Crippen molar-refractivity contribution in [3.8, 4) is 0 Å². The number of ether oxygens (including phenoxy) is 1. The normalized spacial score (nSPS) is 10.0. The van der Waals surface area contributed by atoms with Gasteiger partial charge < -0.3 is 4.74 Å². The van der Waals surface area contributed by atoms with E-state index in [0.717, 1.165) is 0 Å². The number of esters is 1. The minimum atomic E-state index is -0.214. The van der Waals surface area contributed by atoms with Gasteiger partial charge >= 0.3 is 5.97 Å². The molecule has 0 amide bonds. The molecule has 0 N–H and O–H groups in total. The molecule has 0 saturated heterocycles. The average molecular weight is 210 g/mol. The minimum Gasteiger partial charge on any atom is -0.466 e. The van der Waals surface area contributed by atoms with Gasteiger partial charge in [-0.1, -0.05) is 18.2 Å². The molecule has 1 aromatic carbocycles. The van der Waals surface area contributed by atoms with E-state index in [2.05, 4.69) is 0 Å². The molecule has 0 spiro atoms. The van der Waals surface area contributed by atoms with Crippen molar-refractivity contribution >= 4 is 5.97 Å². The van der Waals surface area contributed by atoms with Crippen LogP contribution in [0.25, 0.3) is 0 Å². The van der Waals surface area contributed by atoms with Gasteiger partial charge in [0.2, 0.25) is 0 Å². The van der Waals surface area contributed by atoms with Crippen molar-refractivity contribution in [1.82, 2.24) is 0 Å². The Hall–Kier alpha value is -1.38. The predicted molar refractivity (Wildman–Crippen MR) is 56.0 cm³/mol. The molecule has 15 heavy (non-hydrogen) atoms. The molecular weight excluding hydrogens is 195 g/mol. The topological polar surface area (TPSA) is 26.3 Å². The molecule has 1 aromatic rings. The number of benzene rings is 1. The van der Waals surface area contributed by atoms with Gasteiger partial charge in [-0.25, -0.2) is 4.39 Å². The van der Waals surface area contributed by atoms with Crippen LogP contribution < -0.4 is 0 Å². The van der Waals surface area contributed by atoms with Crippen LogP contribution in [-0.4, -0.2) is 12.6 Å². The molecular formula is C12H15FO2. The van der Waals surface area contributed by atoms with Crippen molar-refractivity contribution < 1.29 is 13.9 Å². The predicted octanol–water partition coefficient (Wildman–Crippen LogP) is 2.71. The first-order valence-electron chi connectivity index (χ1n) is 5.13. The lowest BCUT2D eigenvalue weighted by molar-refractivity contribution is -0.143. The van der Waals surface area contributed by atoms with Crippen molar-refractivity contribution in [3.05, 3.63) is 35.6 Å². The third-order valence-corrected chi connectivity index (χ3v) is 2.09. The lowest BCUT2D eigenvalue weighted by Crippen LogP contribution is -2.04. The second kappa shape index (κ2) is 6.17. The molecule has 3 heteroatoms. The zero-order valence-corrected chi connectivity index (χ0v) is 8.83. The maximum atomic E-state index is 13.1. The summed E-state index contributed by atoms with van der Waals surface area (Å²) in [5.41, 5.74) is 0.654. The van der Waals surface area contributed by atoms with Crippen LogP contribution in [-0.2, 0) is 16.0 Å². The van der Waals surface area contributed by atoms with Crippen molar-refractivity contribution in [3.63, 3.8) is 0 Å². The van der Waals surface area contributed by atoms with Gasteiger partial charge in [0.25, 0.3) is 0 Å². The maximum absolute atomic E-state index is 13.1. The van der Waals surface area contributed by atoms with Gasteiger partial charge in [-0.2, -0.15) is 0 Å². The van der Waals surface area contributed by atoms with Crippen molar-refractivity contribution in [2.45, 2.75) is 26.2 Å². The molecule has 0 unspecified atom stereocenters. The zero-order chi connectivity index (χ0) is 11.1. The monoisotopic (exact) mass is 210 g/mol. The number of hydrogen-bond donors (Lipinski definition) is 0. The molecule has 0 aliphatic rings. The SMILES string of the molecule is CCOC(=O)CCCc1ccccc1F. The van der Waals surface area contributed by atoms with E-state index in [-0.39, 0.29) is 11.8 Å². The van der Waals surface area contributed by atoms with Gasteiger partial charge in [-0.3, -0.25) is 4.79 Å². The molecule has 0 heterocycles.